The monoisotopic (exact) mass is 209 g/mol. The van der Waals surface area contributed by atoms with Gasteiger partial charge >= 0.3 is 0 Å². The highest BCUT2D eigenvalue weighted by Gasteiger charge is 2.39. The molecule has 1 heteroatoms. The highest BCUT2D eigenvalue weighted by molar-refractivity contribution is 4.94. The molecule has 1 aliphatic heterocycles. The Hall–Kier alpha value is -0.0400. The Labute approximate surface area is 95.2 Å². The predicted octanol–water partition coefficient (Wildman–Crippen LogP) is 3.68. The SMILES string of the molecule is CC(C)C1CC2CCCC(C2)N1C(C)C. The lowest BCUT2D eigenvalue weighted by Crippen LogP contribution is -2.55. The van der Waals surface area contributed by atoms with Crippen LogP contribution in [0.25, 0.3) is 0 Å². The van der Waals surface area contributed by atoms with Crippen LogP contribution in [-0.4, -0.2) is 23.0 Å². The second kappa shape index (κ2) is 4.45. The van der Waals surface area contributed by atoms with E-state index in [1.165, 1.54) is 32.1 Å². The van der Waals surface area contributed by atoms with Gasteiger partial charge in [-0.3, -0.25) is 4.90 Å². The van der Waals surface area contributed by atoms with Crippen molar-refractivity contribution in [2.75, 3.05) is 0 Å². The maximum Gasteiger partial charge on any atom is 0.0126 e. The van der Waals surface area contributed by atoms with E-state index in [1.807, 2.05) is 0 Å². The molecule has 0 N–H and O–H groups in total. The zero-order chi connectivity index (χ0) is 11.0. The fourth-order valence-corrected chi connectivity index (χ4v) is 3.90. The molecule has 3 atom stereocenters. The Balaban J connectivity index is 2.14. The molecular weight excluding hydrogens is 182 g/mol. The minimum absolute atomic E-state index is 0.737. The zero-order valence-corrected chi connectivity index (χ0v) is 10.9. The average molecular weight is 209 g/mol. The molecule has 1 saturated carbocycles. The number of rotatable bonds is 2. The van der Waals surface area contributed by atoms with Crippen molar-refractivity contribution < 1.29 is 0 Å². The summed E-state index contributed by atoms with van der Waals surface area (Å²) >= 11 is 0. The Morgan fingerprint density at radius 1 is 1.00 bits per heavy atom. The van der Waals surface area contributed by atoms with Gasteiger partial charge in [0.1, 0.15) is 0 Å². The zero-order valence-electron chi connectivity index (χ0n) is 10.9. The van der Waals surface area contributed by atoms with Gasteiger partial charge in [-0.25, -0.2) is 0 Å². The summed E-state index contributed by atoms with van der Waals surface area (Å²) in [5, 5.41) is 0. The molecule has 15 heavy (non-hydrogen) atoms. The highest BCUT2D eigenvalue weighted by Crippen LogP contribution is 2.40. The average Bonchev–Trinajstić information content (AvgIpc) is 2.16. The van der Waals surface area contributed by atoms with E-state index in [2.05, 4.69) is 32.6 Å². The fourth-order valence-electron chi connectivity index (χ4n) is 3.90. The van der Waals surface area contributed by atoms with Gasteiger partial charge in [-0.2, -0.15) is 0 Å². The summed E-state index contributed by atoms with van der Waals surface area (Å²) in [5.41, 5.74) is 0. The van der Waals surface area contributed by atoms with Crippen molar-refractivity contribution in [1.82, 2.24) is 4.90 Å². The molecule has 1 heterocycles. The Bertz CT molecular complexity index is 209. The van der Waals surface area contributed by atoms with E-state index in [9.17, 15) is 0 Å². The van der Waals surface area contributed by atoms with Crippen molar-refractivity contribution >= 4 is 0 Å². The van der Waals surface area contributed by atoms with Crippen LogP contribution in [0.5, 0.6) is 0 Å². The van der Waals surface area contributed by atoms with Gasteiger partial charge < -0.3 is 0 Å². The minimum Gasteiger partial charge on any atom is -0.295 e. The number of likely N-dealkylation sites (tertiary alicyclic amines) is 1. The van der Waals surface area contributed by atoms with Gasteiger partial charge in [0.15, 0.2) is 0 Å². The van der Waals surface area contributed by atoms with E-state index in [0.29, 0.717) is 0 Å². The van der Waals surface area contributed by atoms with Gasteiger partial charge in [0, 0.05) is 18.1 Å². The summed E-state index contributed by atoms with van der Waals surface area (Å²) in [7, 11) is 0. The molecule has 0 spiro atoms. The Morgan fingerprint density at radius 2 is 1.73 bits per heavy atom. The number of piperidine rings is 1. The van der Waals surface area contributed by atoms with E-state index in [-0.39, 0.29) is 0 Å². The van der Waals surface area contributed by atoms with Gasteiger partial charge in [-0.15, -0.1) is 0 Å². The van der Waals surface area contributed by atoms with Crippen LogP contribution in [-0.2, 0) is 0 Å². The molecule has 2 aliphatic rings. The molecule has 1 saturated heterocycles. The third kappa shape index (κ3) is 2.22. The predicted molar refractivity (Wildman–Crippen MR) is 66.0 cm³/mol. The van der Waals surface area contributed by atoms with E-state index < -0.39 is 0 Å². The normalized spacial score (nSPS) is 37.6. The minimum atomic E-state index is 0.737. The van der Waals surface area contributed by atoms with Crippen molar-refractivity contribution in [3.05, 3.63) is 0 Å². The highest BCUT2D eigenvalue weighted by atomic mass is 15.2. The van der Waals surface area contributed by atoms with Crippen molar-refractivity contribution in [2.45, 2.75) is 77.9 Å². The van der Waals surface area contributed by atoms with Crippen LogP contribution in [0.15, 0.2) is 0 Å². The molecule has 3 unspecified atom stereocenters. The molecular formula is C14H27N. The van der Waals surface area contributed by atoms with Gasteiger partial charge in [-0.1, -0.05) is 26.7 Å². The maximum atomic E-state index is 2.83. The molecule has 1 nitrogen and oxygen atoms in total. The molecule has 0 radical (unpaired) electrons. The van der Waals surface area contributed by atoms with Crippen molar-refractivity contribution in [1.29, 1.82) is 0 Å². The summed E-state index contributed by atoms with van der Waals surface area (Å²) in [4.78, 5) is 2.83. The first kappa shape index (κ1) is 11.4. The molecule has 0 aromatic rings. The van der Waals surface area contributed by atoms with Crippen LogP contribution in [0.2, 0.25) is 0 Å². The number of nitrogens with zero attached hydrogens (tertiary/aromatic N) is 1. The van der Waals surface area contributed by atoms with Gasteiger partial charge in [-0.05, 0) is 44.9 Å². The lowest BCUT2D eigenvalue weighted by molar-refractivity contribution is -0.0202. The van der Waals surface area contributed by atoms with E-state index in [1.54, 1.807) is 0 Å². The topological polar surface area (TPSA) is 3.24 Å². The summed E-state index contributed by atoms with van der Waals surface area (Å²) in [6, 6.07) is 2.50. The number of fused-ring (bicyclic) bond motifs is 2. The standard InChI is InChI=1S/C14H27N/c1-10(2)14-9-12-6-5-7-13(8-12)15(14)11(3)4/h10-14H,5-9H2,1-4H3. The van der Waals surface area contributed by atoms with Gasteiger partial charge in [0.25, 0.3) is 0 Å². The molecule has 2 bridgehead atoms. The summed E-state index contributed by atoms with van der Waals surface area (Å²) < 4.78 is 0. The van der Waals surface area contributed by atoms with Crippen molar-refractivity contribution in [3.8, 4) is 0 Å². The third-order valence-corrected chi connectivity index (χ3v) is 4.50. The lowest BCUT2D eigenvalue weighted by Gasteiger charge is -2.51. The molecule has 88 valence electrons. The molecule has 2 fully saturated rings. The quantitative estimate of drug-likeness (QED) is 0.670. The van der Waals surface area contributed by atoms with E-state index >= 15 is 0 Å². The molecule has 1 aliphatic carbocycles. The third-order valence-electron chi connectivity index (χ3n) is 4.50. The van der Waals surface area contributed by atoms with E-state index in [0.717, 1.165) is 30.0 Å². The van der Waals surface area contributed by atoms with Crippen LogP contribution < -0.4 is 0 Å². The first-order valence-electron chi connectivity index (χ1n) is 6.87. The van der Waals surface area contributed by atoms with Crippen molar-refractivity contribution in [2.24, 2.45) is 11.8 Å². The van der Waals surface area contributed by atoms with Crippen LogP contribution in [0.3, 0.4) is 0 Å². The van der Waals surface area contributed by atoms with E-state index in [4.69, 9.17) is 0 Å². The fraction of sp³-hybridized carbons (Fsp3) is 1.00. The van der Waals surface area contributed by atoms with Crippen LogP contribution in [0.1, 0.15) is 59.8 Å². The molecule has 0 aromatic heterocycles. The second-order valence-corrected chi connectivity index (χ2v) is 6.27. The Morgan fingerprint density at radius 3 is 2.33 bits per heavy atom. The summed E-state index contributed by atoms with van der Waals surface area (Å²) in [5.74, 6) is 1.88. The first-order chi connectivity index (χ1) is 7.09. The van der Waals surface area contributed by atoms with Crippen LogP contribution in [0.4, 0.5) is 0 Å². The molecule has 0 aromatic carbocycles. The Kier molecular flexibility index (Phi) is 3.39. The first-order valence-corrected chi connectivity index (χ1v) is 6.87. The van der Waals surface area contributed by atoms with Gasteiger partial charge in [0.05, 0.1) is 0 Å². The molecule has 0 amide bonds. The number of hydrogen-bond donors (Lipinski definition) is 0. The van der Waals surface area contributed by atoms with Crippen molar-refractivity contribution in [3.63, 3.8) is 0 Å². The second-order valence-electron chi connectivity index (χ2n) is 6.27. The smallest absolute Gasteiger partial charge is 0.0126 e. The summed E-state index contributed by atoms with van der Waals surface area (Å²) in [6.07, 6.45) is 7.39. The largest absolute Gasteiger partial charge is 0.295 e. The maximum absolute atomic E-state index is 2.83. The number of hydrogen-bond acceptors (Lipinski definition) is 1. The van der Waals surface area contributed by atoms with Gasteiger partial charge in [0.2, 0.25) is 0 Å². The lowest BCUT2D eigenvalue weighted by atomic mass is 9.74. The molecule has 2 rings (SSSR count). The summed E-state index contributed by atoms with van der Waals surface area (Å²) in [6.45, 7) is 9.57. The van der Waals surface area contributed by atoms with Crippen LogP contribution >= 0.6 is 0 Å². The van der Waals surface area contributed by atoms with Crippen LogP contribution in [0, 0.1) is 11.8 Å².